The van der Waals surface area contributed by atoms with E-state index < -0.39 is 5.60 Å². The second kappa shape index (κ2) is 3.49. The van der Waals surface area contributed by atoms with Crippen molar-refractivity contribution in [3.63, 3.8) is 0 Å². The topological polar surface area (TPSA) is 38.1 Å². The van der Waals surface area contributed by atoms with Gasteiger partial charge in [-0.15, -0.1) is 0 Å². The van der Waals surface area contributed by atoms with Crippen LogP contribution in [0.4, 0.5) is 0 Å². The van der Waals surface area contributed by atoms with Crippen molar-refractivity contribution >= 4 is 11.6 Å². The normalized spacial score (nSPS) is 30.7. The summed E-state index contributed by atoms with van der Waals surface area (Å²) in [5.74, 6) is 0.571. The monoisotopic (exact) mass is 228 g/mol. The van der Waals surface area contributed by atoms with Gasteiger partial charge in [0.1, 0.15) is 5.60 Å². The van der Waals surface area contributed by atoms with Crippen LogP contribution in [0.5, 0.6) is 0 Å². The average molecular weight is 229 g/mol. The predicted molar refractivity (Wildman–Crippen MR) is 59.9 cm³/mol. The van der Waals surface area contributed by atoms with E-state index in [1.54, 1.807) is 6.20 Å². The van der Waals surface area contributed by atoms with Gasteiger partial charge in [-0.2, -0.15) is 5.10 Å². The second-order valence-corrected chi connectivity index (χ2v) is 5.33. The van der Waals surface area contributed by atoms with Crippen LogP contribution >= 0.6 is 11.6 Å². The molecule has 0 saturated heterocycles. The molecule has 1 fully saturated rings. The van der Waals surface area contributed by atoms with Crippen LogP contribution in [0.3, 0.4) is 0 Å². The largest absolute Gasteiger partial charge is 0.383 e. The zero-order chi connectivity index (χ0) is 11.2. The first-order valence-corrected chi connectivity index (χ1v) is 5.77. The Labute approximate surface area is 95.0 Å². The molecule has 3 nitrogen and oxygen atoms in total. The molecule has 1 aromatic heterocycles. The van der Waals surface area contributed by atoms with Crippen molar-refractivity contribution in [2.24, 2.45) is 5.92 Å². The molecule has 1 aromatic rings. The third-order valence-corrected chi connectivity index (χ3v) is 3.33. The molecular weight excluding hydrogens is 212 g/mol. The van der Waals surface area contributed by atoms with Gasteiger partial charge in [-0.05, 0) is 32.6 Å². The predicted octanol–water partition coefficient (Wildman–Crippen LogP) is 2.73. The van der Waals surface area contributed by atoms with Crippen LogP contribution in [0, 0.1) is 5.92 Å². The van der Waals surface area contributed by atoms with E-state index in [0.29, 0.717) is 10.9 Å². The molecular formula is C11H17ClN2O. The number of halogens is 1. The second-order valence-electron chi connectivity index (χ2n) is 4.92. The van der Waals surface area contributed by atoms with E-state index in [4.69, 9.17) is 11.6 Å². The summed E-state index contributed by atoms with van der Waals surface area (Å²) in [6, 6.07) is 0.229. The van der Waals surface area contributed by atoms with Crippen molar-refractivity contribution < 1.29 is 5.11 Å². The average Bonchev–Trinajstić information content (AvgIpc) is 2.44. The molecule has 0 spiro atoms. The molecule has 0 radical (unpaired) electrons. The first-order valence-electron chi connectivity index (χ1n) is 5.40. The number of aromatic nitrogens is 2. The van der Waals surface area contributed by atoms with Gasteiger partial charge in [0.2, 0.25) is 0 Å². The highest BCUT2D eigenvalue weighted by Crippen LogP contribution is 2.47. The molecule has 0 atom stereocenters. The lowest BCUT2D eigenvalue weighted by Gasteiger charge is -2.42. The fraction of sp³-hybridized carbons (Fsp3) is 0.727. The van der Waals surface area contributed by atoms with E-state index in [9.17, 15) is 5.11 Å². The highest BCUT2D eigenvalue weighted by atomic mass is 35.5. The summed E-state index contributed by atoms with van der Waals surface area (Å²) in [7, 11) is 0. The Morgan fingerprint density at radius 2 is 2.20 bits per heavy atom. The van der Waals surface area contributed by atoms with Crippen molar-refractivity contribution in [1.82, 2.24) is 9.78 Å². The van der Waals surface area contributed by atoms with Crippen LogP contribution in [0.1, 0.15) is 45.3 Å². The number of aliphatic hydroxyl groups is 1. The van der Waals surface area contributed by atoms with E-state index in [0.717, 1.165) is 18.5 Å². The van der Waals surface area contributed by atoms with E-state index in [1.165, 1.54) is 0 Å². The van der Waals surface area contributed by atoms with Crippen LogP contribution in [0.15, 0.2) is 6.20 Å². The minimum absolute atomic E-state index is 0.229. The summed E-state index contributed by atoms with van der Waals surface area (Å²) in [6.07, 6.45) is 3.19. The molecule has 0 aliphatic heterocycles. The standard InChI is InChI=1S/C11H17ClN2O/c1-7(2)14-10(9(12)6-13-14)11(15)4-8(3)5-11/h6-8,15H,4-5H2,1-3H3. The molecule has 1 N–H and O–H groups in total. The number of rotatable bonds is 2. The van der Waals surface area contributed by atoms with Gasteiger partial charge in [0.05, 0.1) is 16.9 Å². The molecule has 15 heavy (non-hydrogen) atoms. The first-order chi connectivity index (χ1) is 6.94. The van der Waals surface area contributed by atoms with Crippen molar-refractivity contribution in [2.75, 3.05) is 0 Å². The van der Waals surface area contributed by atoms with Crippen LogP contribution in [-0.2, 0) is 5.60 Å². The third kappa shape index (κ3) is 1.68. The van der Waals surface area contributed by atoms with E-state index in [1.807, 2.05) is 18.5 Å². The minimum Gasteiger partial charge on any atom is -0.383 e. The molecule has 1 aliphatic carbocycles. The molecule has 0 amide bonds. The highest BCUT2D eigenvalue weighted by molar-refractivity contribution is 6.31. The molecule has 2 rings (SSSR count). The lowest BCUT2D eigenvalue weighted by Crippen LogP contribution is -2.42. The van der Waals surface area contributed by atoms with Crippen molar-refractivity contribution in [3.05, 3.63) is 16.9 Å². The summed E-state index contributed by atoms with van der Waals surface area (Å²) in [6.45, 7) is 6.22. The van der Waals surface area contributed by atoms with Crippen LogP contribution in [-0.4, -0.2) is 14.9 Å². The lowest BCUT2D eigenvalue weighted by atomic mass is 9.70. The summed E-state index contributed by atoms with van der Waals surface area (Å²) >= 11 is 6.09. The van der Waals surface area contributed by atoms with Gasteiger partial charge >= 0.3 is 0 Å². The fourth-order valence-electron chi connectivity index (χ4n) is 2.45. The number of nitrogens with zero attached hydrogens (tertiary/aromatic N) is 2. The molecule has 0 unspecified atom stereocenters. The van der Waals surface area contributed by atoms with Crippen LogP contribution in [0.2, 0.25) is 5.02 Å². The quantitative estimate of drug-likeness (QED) is 0.845. The number of hydrogen-bond acceptors (Lipinski definition) is 2. The maximum atomic E-state index is 10.4. The smallest absolute Gasteiger partial charge is 0.108 e. The molecule has 1 heterocycles. The minimum atomic E-state index is -0.753. The summed E-state index contributed by atoms with van der Waals surface area (Å²) < 4.78 is 1.83. The summed E-state index contributed by atoms with van der Waals surface area (Å²) in [5, 5.41) is 15.2. The van der Waals surface area contributed by atoms with Gasteiger partial charge in [-0.25, -0.2) is 0 Å². The number of hydrogen-bond donors (Lipinski definition) is 1. The maximum Gasteiger partial charge on any atom is 0.108 e. The third-order valence-electron chi connectivity index (χ3n) is 3.05. The molecule has 84 valence electrons. The van der Waals surface area contributed by atoms with Gasteiger partial charge in [0, 0.05) is 6.04 Å². The van der Waals surface area contributed by atoms with E-state index in [2.05, 4.69) is 12.0 Å². The molecule has 0 aromatic carbocycles. The van der Waals surface area contributed by atoms with Crippen molar-refractivity contribution in [1.29, 1.82) is 0 Å². The Hall–Kier alpha value is -0.540. The van der Waals surface area contributed by atoms with Gasteiger partial charge in [0.15, 0.2) is 0 Å². The molecule has 1 saturated carbocycles. The van der Waals surface area contributed by atoms with Crippen molar-refractivity contribution in [2.45, 2.75) is 45.3 Å². The fourth-order valence-corrected chi connectivity index (χ4v) is 2.76. The van der Waals surface area contributed by atoms with E-state index >= 15 is 0 Å². The zero-order valence-corrected chi connectivity index (χ0v) is 10.1. The highest BCUT2D eigenvalue weighted by Gasteiger charge is 2.45. The van der Waals surface area contributed by atoms with Crippen LogP contribution in [0.25, 0.3) is 0 Å². The van der Waals surface area contributed by atoms with Gasteiger partial charge in [-0.1, -0.05) is 18.5 Å². The lowest BCUT2D eigenvalue weighted by molar-refractivity contribution is -0.0810. The van der Waals surface area contributed by atoms with E-state index in [-0.39, 0.29) is 6.04 Å². The summed E-state index contributed by atoms with van der Waals surface area (Å²) in [4.78, 5) is 0. The van der Waals surface area contributed by atoms with Crippen LogP contribution < -0.4 is 0 Å². The van der Waals surface area contributed by atoms with Crippen molar-refractivity contribution in [3.8, 4) is 0 Å². The molecule has 1 aliphatic rings. The Morgan fingerprint density at radius 1 is 1.60 bits per heavy atom. The SMILES string of the molecule is CC1CC(O)(c2c(Cl)cnn2C(C)C)C1. The molecule has 0 bridgehead atoms. The van der Waals surface area contributed by atoms with Gasteiger partial charge in [0.25, 0.3) is 0 Å². The summed E-state index contributed by atoms with van der Waals surface area (Å²) in [5.41, 5.74) is 0.0364. The molecule has 4 heteroatoms. The zero-order valence-electron chi connectivity index (χ0n) is 9.37. The Kier molecular flexibility index (Phi) is 2.55. The first kappa shape index (κ1) is 11.0. The Bertz CT molecular complexity index is 367. The maximum absolute atomic E-state index is 10.4. The van der Waals surface area contributed by atoms with Gasteiger partial charge in [-0.3, -0.25) is 4.68 Å². The van der Waals surface area contributed by atoms with Gasteiger partial charge < -0.3 is 5.11 Å². The Balaban J connectivity index is 2.38. The Morgan fingerprint density at radius 3 is 2.67 bits per heavy atom.